The summed E-state index contributed by atoms with van der Waals surface area (Å²) in [6, 6.07) is 25.0. The molecule has 2 aliphatic heterocycles. The third-order valence-electron chi connectivity index (χ3n) is 8.79. The number of nitrogens with one attached hydrogen (secondary N) is 1. The first kappa shape index (κ1) is 25.6. The highest BCUT2D eigenvalue weighted by molar-refractivity contribution is 6.01. The lowest BCUT2D eigenvalue weighted by molar-refractivity contribution is -0.125. The van der Waals surface area contributed by atoms with Crippen molar-refractivity contribution in [3.63, 3.8) is 0 Å². The van der Waals surface area contributed by atoms with E-state index in [0.717, 1.165) is 78.8 Å². The number of nitrogens with zero attached hydrogens (tertiary/aromatic N) is 2. The summed E-state index contributed by atoms with van der Waals surface area (Å²) in [6.45, 7) is 6.31. The molecule has 3 aromatic carbocycles. The molecule has 0 aromatic heterocycles. The lowest BCUT2D eigenvalue weighted by Crippen LogP contribution is -2.45. The Morgan fingerprint density at radius 3 is 2.15 bits per heavy atom. The Kier molecular flexibility index (Phi) is 7.09. The molecule has 0 unspecified atom stereocenters. The van der Waals surface area contributed by atoms with Gasteiger partial charge in [0, 0.05) is 44.3 Å². The lowest BCUT2D eigenvalue weighted by atomic mass is 9.74. The Labute approximate surface area is 231 Å². The molecule has 0 bridgehead atoms. The number of hydrogen-bond donors (Lipinski definition) is 1. The average Bonchev–Trinajstić information content (AvgIpc) is 3.47. The number of carbonyl (C=O) groups is 2. The van der Waals surface area contributed by atoms with Crippen LogP contribution in [0.4, 0.5) is 0 Å². The summed E-state index contributed by atoms with van der Waals surface area (Å²) < 4.78 is 0. The van der Waals surface area contributed by atoms with Gasteiger partial charge >= 0.3 is 0 Å². The van der Waals surface area contributed by atoms with Gasteiger partial charge in [0.2, 0.25) is 5.91 Å². The predicted octanol–water partition coefficient (Wildman–Crippen LogP) is 5.55. The van der Waals surface area contributed by atoms with Crippen molar-refractivity contribution >= 4 is 11.8 Å². The quantitative estimate of drug-likeness (QED) is 0.397. The molecule has 1 fully saturated rings. The normalized spacial score (nSPS) is 18.3. The zero-order valence-electron chi connectivity index (χ0n) is 22.7. The van der Waals surface area contributed by atoms with Crippen LogP contribution in [0.2, 0.25) is 0 Å². The summed E-state index contributed by atoms with van der Waals surface area (Å²) in [5.41, 5.74) is 5.83. The molecule has 6 rings (SSSR count). The smallest absolute Gasteiger partial charge is 0.254 e. The largest absolute Gasteiger partial charge is 0.355 e. The van der Waals surface area contributed by atoms with E-state index in [1.54, 1.807) is 0 Å². The molecule has 1 N–H and O–H groups in total. The van der Waals surface area contributed by atoms with Gasteiger partial charge in [-0.05, 0) is 59.6 Å². The zero-order chi connectivity index (χ0) is 26.8. The molecule has 1 saturated heterocycles. The van der Waals surface area contributed by atoms with E-state index < -0.39 is 5.41 Å². The molecule has 3 aliphatic rings. The van der Waals surface area contributed by atoms with E-state index in [0.29, 0.717) is 19.0 Å². The minimum atomic E-state index is -0.711. The molecule has 5 heteroatoms. The summed E-state index contributed by atoms with van der Waals surface area (Å²) >= 11 is 0. The third kappa shape index (κ3) is 4.49. The van der Waals surface area contributed by atoms with Gasteiger partial charge in [-0.1, -0.05) is 85.8 Å². The number of fused-ring (bicyclic) bond motifs is 4. The minimum Gasteiger partial charge on any atom is -0.355 e. The maximum absolute atomic E-state index is 13.8. The van der Waals surface area contributed by atoms with Crippen LogP contribution in [0.3, 0.4) is 0 Å². The number of amides is 2. The van der Waals surface area contributed by atoms with Gasteiger partial charge in [-0.15, -0.1) is 0 Å². The lowest BCUT2D eigenvalue weighted by Gasteiger charge is -2.36. The first-order chi connectivity index (χ1) is 19.1. The van der Waals surface area contributed by atoms with Gasteiger partial charge in [0.15, 0.2) is 0 Å². The maximum Gasteiger partial charge on any atom is 0.254 e. The molecule has 0 atom stereocenters. The molecule has 5 nitrogen and oxygen atoms in total. The van der Waals surface area contributed by atoms with Crippen LogP contribution in [0, 0.1) is 0 Å². The second-order valence-electron chi connectivity index (χ2n) is 11.0. The summed E-state index contributed by atoms with van der Waals surface area (Å²) in [4.78, 5) is 31.3. The number of piperidine rings is 1. The van der Waals surface area contributed by atoms with Crippen LogP contribution < -0.4 is 5.32 Å². The topological polar surface area (TPSA) is 52.7 Å². The second kappa shape index (κ2) is 10.8. The molecule has 3 aromatic rings. The van der Waals surface area contributed by atoms with E-state index in [1.165, 1.54) is 0 Å². The van der Waals surface area contributed by atoms with Crippen molar-refractivity contribution in [1.82, 2.24) is 15.1 Å². The molecule has 2 heterocycles. The summed E-state index contributed by atoms with van der Waals surface area (Å²) in [5, 5.41) is 3.21. The van der Waals surface area contributed by atoms with Gasteiger partial charge in [0.25, 0.3) is 5.91 Å². The number of allylic oxidation sites excluding steroid dienone is 1. The fourth-order valence-corrected chi connectivity index (χ4v) is 6.74. The van der Waals surface area contributed by atoms with Gasteiger partial charge < -0.3 is 10.2 Å². The summed E-state index contributed by atoms with van der Waals surface area (Å²) in [5.74, 6) is 0.274. The second-order valence-corrected chi connectivity index (χ2v) is 11.0. The van der Waals surface area contributed by atoms with Gasteiger partial charge in [-0.3, -0.25) is 14.5 Å². The molecule has 0 saturated carbocycles. The number of rotatable bonds is 8. The van der Waals surface area contributed by atoms with Gasteiger partial charge in [-0.25, -0.2) is 0 Å². The minimum absolute atomic E-state index is 0.0866. The number of hydrogen-bond acceptors (Lipinski definition) is 3. The zero-order valence-corrected chi connectivity index (χ0v) is 22.7. The Bertz CT molecular complexity index is 1360. The molecule has 0 radical (unpaired) electrons. The fourth-order valence-electron chi connectivity index (χ4n) is 6.74. The molecular weight excluding hydrogens is 482 g/mol. The van der Waals surface area contributed by atoms with Crippen LogP contribution in [-0.2, 0) is 16.8 Å². The molecule has 200 valence electrons. The Balaban J connectivity index is 1.13. The predicted molar refractivity (Wildman–Crippen MR) is 155 cm³/mol. The molecular formula is C34H37N3O2. The van der Waals surface area contributed by atoms with Crippen LogP contribution in [-0.4, -0.2) is 53.8 Å². The molecule has 39 heavy (non-hydrogen) atoms. The van der Waals surface area contributed by atoms with Crippen LogP contribution in [0.5, 0.6) is 0 Å². The highest BCUT2D eigenvalue weighted by Gasteiger charge is 2.48. The highest BCUT2D eigenvalue weighted by atomic mass is 16.2. The fraction of sp³-hybridized carbons (Fsp3) is 0.353. The van der Waals surface area contributed by atoms with Crippen molar-refractivity contribution in [2.75, 3.05) is 26.2 Å². The van der Waals surface area contributed by atoms with Crippen molar-refractivity contribution in [2.24, 2.45) is 0 Å². The van der Waals surface area contributed by atoms with Crippen LogP contribution in [0.25, 0.3) is 11.1 Å². The van der Waals surface area contributed by atoms with Crippen molar-refractivity contribution in [3.05, 3.63) is 107 Å². The van der Waals surface area contributed by atoms with E-state index in [9.17, 15) is 9.59 Å². The van der Waals surface area contributed by atoms with Crippen molar-refractivity contribution in [1.29, 1.82) is 0 Å². The Hall–Kier alpha value is -3.70. The van der Waals surface area contributed by atoms with Crippen molar-refractivity contribution < 1.29 is 9.59 Å². The van der Waals surface area contributed by atoms with Gasteiger partial charge in [0.05, 0.1) is 0 Å². The SMILES string of the molecule is CCCNC(=O)C1(C/C=C\CN2CCC(N3Cc4ccccc4C3=O)CC2)c2ccccc2-c2ccccc21. The van der Waals surface area contributed by atoms with Crippen LogP contribution in [0.15, 0.2) is 84.9 Å². The highest BCUT2D eigenvalue weighted by Crippen LogP contribution is 2.51. The molecule has 0 spiro atoms. The van der Waals surface area contributed by atoms with Crippen LogP contribution >= 0.6 is 0 Å². The number of likely N-dealkylation sites (tertiary alicyclic amines) is 1. The number of carbonyl (C=O) groups excluding carboxylic acids is 2. The Morgan fingerprint density at radius 2 is 1.51 bits per heavy atom. The number of benzene rings is 3. The summed E-state index contributed by atoms with van der Waals surface area (Å²) in [7, 11) is 0. The van der Waals surface area contributed by atoms with Gasteiger partial charge in [0.1, 0.15) is 5.41 Å². The first-order valence-electron chi connectivity index (χ1n) is 14.4. The molecule has 2 amide bonds. The maximum atomic E-state index is 13.8. The van der Waals surface area contributed by atoms with E-state index in [1.807, 2.05) is 30.3 Å². The summed E-state index contributed by atoms with van der Waals surface area (Å²) in [6.07, 6.45) is 7.97. The third-order valence-corrected chi connectivity index (χ3v) is 8.79. The monoisotopic (exact) mass is 519 g/mol. The standard InChI is InChI=1S/C34H37N3O2/c1-2-20-35-33(39)34(30-15-7-5-13-28(30)29-14-6-8-16-31(29)34)19-9-10-21-36-22-17-26(18-23-36)37-24-25-11-3-4-12-27(25)32(37)38/h3-16,26H,2,17-24H2,1H3,(H,35,39)/b10-9-. The van der Waals surface area contributed by atoms with Crippen molar-refractivity contribution in [2.45, 2.75) is 50.6 Å². The van der Waals surface area contributed by atoms with E-state index in [-0.39, 0.29) is 11.8 Å². The van der Waals surface area contributed by atoms with Crippen LogP contribution in [0.1, 0.15) is 59.7 Å². The first-order valence-corrected chi connectivity index (χ1v) is 14.4. The molecule has 1 aliphatic carbocycles. The van der Waals surface area contributed by atoms with E-state index in [2.05, 4.69) is 76.7 Å². The van der Waals surface area contributed by atoms with Crippen molar-refractivity contribution in [3.8, 4) is 11.1 Å². The van der Waals surface area contributed by atoms with E-state index in [4.69, 9.17) is 0 Å². The van der Waals surface area contributed by atoms with E-state index >= 15 is 0 Å². The van der Waals surface area contributed by atoms with Gasteiger partial charge in [-0.2, -0.15) is 0 Å². The average molecular weight is 520 g/mol. The Morgan fingerprint density at radius 1 is 0.897 bits per heavy atom.